The van der Waals surface area contributed by atoms with Crippen LogP contribution in [0.25, 0.3) is 0 Å². The fraction of sp³-hybridized carbons (Fsp3) is 0.312. The number of benzene rings is 1. The van der Waals surface area contributed by atoms with E-state index >= 15 is 0 Å². The van der Waals surface area contributed by atoms with Crippen molar-refractivity contribution in [2.24, 2.45) is 0 Å². The van der Waals surface area contributed by atoms with Crippen LogP contribution in [-0.2, 0) is 10.9 Å². The van der Waals surface area contributed by atoms with E-state index in [1.165, 1.54) is 12.1 Å². The number of nitrogens with zero attached hydrogens (tertiary/aromatic N) is 1. The van der Waals surface area contributed by atoms with Crippen LogP contribution in [-0.4, -0.2) is 28.1 Å². The van der Waals surface area contributed by atoms with Crippen LogP contribution >= 0.6 is 0 Å². The lowest BCUT2D eigenvalue weighted by Gasteiger charge is -2.12. The van der Waals surface area contributed by atoms with Crippen molar-refractivity contribution in [1.82, 2.24) is 9.97 Å². The van der Waals surface area contributed by atoms with E-state index in [1.54, 1.807) is 26.8 Å². The van der Waals surface area contributed by atoms with Gasteiger partial charge in [-0.3, -0.25) is 4.79 Å². The number of carbonyl (C=O) groups excluding carboxylic acids is 2. The Morgan fingerprint density at radius 2 is 1.96 bits per heavy atom. The SMILES string of the molecule is Cc1ccc(C(=O)Nc2cnc(C(F)(F)F)[nH]2)c(OC(=O)OC(C)C)c1. The van der Waals surface area contributed by atoms with E-state index in [1.807, 2.05) is 4.98 Å². The number of aromatic amines is 1. The molecular weight excluding hydrogens is 355 g/mol. The normalized spacial score (nSPS) is 11.3. The van der Waals surface area contributed by atoms with Gasteiger partial charge in [0.1, 0.15) is 11.6 Å². The third kappa shape index (κ3) is 4.98. The maximum Gasteiger partial charge on any atom is 0.514 e. The van der Waals surface area contributed by atoms with Gasteiger partial charge >= 0.3 is 12.3 Å². The van der Waals surface area contributed by atoms with Gasteiger partial charge in [-0.1, -0.05) is 6.07 Å². The second-order valence-corrected chi connectivity index (χ2v) is 5.62. The number of imidazole rings is 1. The van der Waals surface area contributed by atoms with Crippen molar-refractivity contribution in [3.05, 3.63) is 41.3 Å². The van der Waals surface area contributed by atoms with Gasteiger partial charge in [0.2, 0.25) is 5.82 Å². The molecule has 2 N–H and O–H groups in total. The summed E-state index contributed by atoms with van der Waals surface area (Å²) in [7, 11) is 0. The third-order valence-electron chi connectivity index (χ3n) is 3.00. The number of aryl methyl sites for hydroxylation is 1. The van der Waals surface area contributed by atoms with E-state index < -0.39 is 30.2 Å². The molecule has 0 fully saturated rings. The topological polar surface area (TPSA) is 93.3 Å². The van der Waals surface area contributed by atoms with Crippen LogP contribution in [0.2, 0.25) is 0 Å². The van der Waals surface area contributed by atoms with Crippen LogP contribution in [0.3, 0.4) is 0 Å². The number of H-pyrrole nitrogens is 1. The number of aromatic nitrogens is 2. The molecule has 0 saturated heterocycles. The van der Waals surface area contributed by atoms with E-state index in [2.05, 4.69) is 10.3 Å². The summed E-state index contributed by atoms with van der Waals surface area (Å²) in [6.45, 7) is 4.97. The van der Waals surface area contributed by atoms with E-state index in [4.69, 9.17) is 9.47 Å². The van der Waals surface area contributed by atoms with Crippen molar-refractivity contribution in [3.8, 4) is 5.75 Å². The van der Waals surface area contributed by atoms with Crippen LogP contribution in [0.15, 0.2) is 24.4 Å². The first-order valence-corrected chi connectivity index (χ1v) is 7.49. The predicted molar refractivity (Wildman–Crippen MR) is 85.0 cm³/mol. The Kier molecular flexibility index (Phi) is 5.53. The largest absolute Gasteiger partial charge is 0.514 e. The predicted octanol–water partition coefficient (Wildman–Crippen LogP) is 3.91. The lowest BCUT2D eigenvalue weighted by atomic mass is 10.1. The minimum Gasteiger partial charge on any atom is -0.431 e. The van der Waals surface area contributed by atoms with E-state index in [0.717, 1.165) is 6.20 Å². The zero-order valence-corrected chi connectivity index (χ0v) is 14.1. The smallest absolute Gasteiger partial charge is 0.431 e. The number of hydrogen-bond acceptors (Lipinski definition) is 5. The number of halogens is 3. The van der Waals surface area contributed by atoms with E-state index in [9.17, 15) is 22.8 Å². The van der Waals surface area contributed by atoms with Gasteiger partial charge in [0.25, 0.3) is 5.91 Å². The molecule has 0 atom stereocenters. The lowest BCUT2D eigenvalue weighted by Crippen LogP contribution is -2.19. The summed E-state index contributed by atoms with van der Waals surface area (Å²) in [5.41, 5.74) is 0.647. The minimum atomic E-state index is -4.66. The fourth-order valence-electron chi connectivity index (χ4n) is 1.93. The number of nitrogens with one attached hydrogen (secondary N) is 2. The Morgan fingerprint density at radius 1 is 1.27 bits per heavy atom. The summed E-state index contributed by atoms with van der Waals surface area (Å²) in [4.78, 5) is 29.1. The Labute approximate surface area is 146 Å². The molecule has 2 aromatic rings. The summed E-state index contributed by atoms with van der Waals surface area (Å²) < 4.78 is 47.5. The molecule has 140 valence electrons. The standard InChI is InChI=1S/C16H16F3N3O4/c1-8(2)25-15(24)26-11-6-9(3)4-5-10(11)13(23)21-12-7-20-14(22-12)16(17,18)19/h4-8H,1-3H3,(H,20,22)(H,21,23). The second-order valence-electron chi connectivity index (χ2n) is 5.62. The number of rotatable bonds is 4. The quantitative estimate of drug-likeness (QED) is 0.628. The average molecular weight is 371 g/mol. The van der Waals surface area contributed by atoms with Gasteiger partial charge in [-0.25, -0.2) is 9.78 Å². The van der Waals surface area contributed by atoms with Crippen molar-refractivity contribution in [3.63, 3.8) is 0 Å². The molecule has 0 bridgehead atoms. The highest BCUT2D eigenvalue weighted by atomic mass is 19.4. The van der Waals surface area contributed by atoms with Gasteiger partial charge in [0, 0.05) is 0 Å². The highest BCUT2D eigenvalue weighted by molar-refractivity contribution is 6.06. The lowest BCUT2D eigenvalue weighted by molar-refractivity contribution is -0.144. The Bertz CT molecular complexity index is 815. The molecule has 10 heteroatoms. The molecule has 1 amide bonds. The van der Waals surface area contributed by atoms with Crippen LogP contribution in [0, 0.1) is 6.92 Å². The Morgan fingerprint density at radius 3 is 2.54 bits per heavy atom. The molecular formula is C16H16F3N3O4. The van der Waals surface area contributed by atoms with Gasteiger partial charge in [0.15, 0.2) is 0 Å². The molecule has 0 aliphatic heterocycles. The Hall–Kier alpha value is -3.04. The highest BCUT2D eigenvalue weighted by Gasteiger charge is 2.34. The number of amides is 1. The van der Waals surface area contributed by atoms with Crippen molar-refractivity contribution >= 4 is 17.9 Å². The molecule has 2 rings (SSSR count). The van der Waals surface area contributed by atoms with Gasteiger partial charge in [0.05, 0.1) is 17.9 Å². The number of carbonyl (C=O) groups is 2. The molecule has 26 heavy (non-hydrogen) atoms. The third-order valence-corrected chi connectivity index (χ3v) is 3.00. The van der Waals surface area contributed by atoms with Gasteiger partial charge in [-0.05, 0) is 38.5 Å². The summed E-state index contributed by atoms with van der Waals surface area (Å²) in [6.07, 6.45) is -5.25. The summed E-state index contributed by atoms with van der Waals surface area (Å²) in [6, 6.07) is 4.40. The van der Waals surface area contributed by atoms with Gasteiger partial charge in [-0.2, -0.15) is 13.2 Å². The van der Waals surface area contributed by atoms with Crippen LogP contribution in [0.4, 0.5) is 23.8 Å². The number of ether oxygens (including phenoxy) is 2. The maximum atomic E-state index is 12.5. The van der Waals surface area contributed by atoms with Crippen molar-refractivity contribution in [2.45, 2.75) is 33.1 Å². The molecule has 0 saturated carbocycles. The fourth-order valence-corrected chi connectivity index (χ4v) is 1.93. The van der Waals surface area contributed by atoms with Crippen LogP contribution in [0.1, 0.15) is 35.6 Å². The zero-order chi connectivity index (χ0) is 19.5. The van der Waals surface area contributed by atoms with E-state index in [0.29, 0.717) is 5.56 Å². The maximum absolute atomic E-state index is 12.5. The monoisotopic (exact) mass is 371 g/mol. The van der Waals surface area contributed by atoms with Crippen LogP contribution in [0.5, 0.6) is 5.75 Å². The van der Waals surface area contributed by atoms with Crippen LogP contribution < -0.4 is 10.1 Å². The first-order chi connectivity index (χ1) is 12.1. The van der Waals surface area contributed by atoms with E-state index in [-0.39, 0.29) is 17.1 Å². The average Bonchev–Trinajstić information content (AvgIpc) is 2.94. The molecule has 1 aromatic carbocycles. The summed E-state index contributed by atoms with van der Waals surface area (Å²) >= 11 is 0. The molecule has 0 aliphatic carbocycles. The molecule has 7 nitrogen and oxygen atoms in total. The molecule has 0 radical (unpaired) electrons. The molecule has 1 heterocycles. The van der Waals surface area contributed by atoms with Gasteiger partial charge in [-0.15, -0.1) is 0 Å². The molecule has 0 aliphatic rings. The Balaban J connectivity index is 2.20. The summed E-state index contributed by atoms with van der Waals surface area (Å²) in [5.74, 6) is -2.36. The number of anilines is 1. The van der Waals surface area contributed by atoms with Crippen molar-refractivity contribution in [1.29, 1.82) is 0 Å². The minimum absolute atomic E-state index is 0.0561. The van der Waals surface area contributed by atoms with Crippen molar-refractivity contribution in [2.75, 3.05) is 5.32 Å². The highest BCUT2D eigenvalue weighted by Crippen LogP contribution is 2.28. The number of alkyl halides is 3. The first kappa shape index (κ1) is 19.3. The second kappa shape index (κ2) is 7.46. The molecule has 1 aromatic heterocycles. The van der Waals surface area contributed by atoms with Gasteiger partial charge < -0.3 is 19.8 Å². The van der Waals surface area contributed by atoms with Crippen molar-refractivity contribution < 1.29 is 32.2 Å². The first-order valence-electron chi connectivity index (χ1n) is 7.49. The number of hydrogen-bond donors (Lipinski definition) is 2. The molecule has 0 unspecified atom stereocenters. The molecule has 0 spiro atoms. The summed E-state index contributed by atoms with van der Waals surface area (Å²) in [5, 5.41) is 2.24. The zero-order valence-electron chi connectivity index (χ0n) is 14.1.